The van der Waals surface area contributed by atoms with Crippen molar-refractivity contribution in [2.75, 3.05) is 12.0 Å². The number of nitro groups is 1. The van der Waals surface area contributed by atoms with Gasteiger partial charge < -0.3 is 9.30 Å². The van der Waals surface area contributed by atoms with E-state index in [1.54, 1.807) is 36.4 Å². The molecule has 8 nitrogen and oxygen atoms in total. The summed E-state index contributed by atoms with van der Waals surface area (Å²) >= 11 is 0.894. The molecule has 1 aromatic heterocycles. The molecule has 1 aliphatic rings. The van der Waals surface area contributed by atoms with Gasteiger partial charge in [0.15, 0.2) is 0 Å². The second-order valence-corrected chi connectivity index (χ2v) is 8.12. The van der Waals surface area contributed by atoms with Crippen LogP contribution in [0.3, 0.4) is 0 Å². The van der Waals surface area contributed by atoms with Gasteiger partial charge in [0.05, 0.1) is 34.4 Å². The van der Waals surface area contributed by atoms with Gasteiger partial charge in [-0.25, -0.2) is 4.90 Å². The number of carbonyl (C=O) groups is 2. The van der Waals surface area contributed by atoms with Crippen molar-refractivity contribution in [1.29, 1.82) is 0 Å². The van der Waals surface area contributed by atoms with E-state index in [0.29, 0.717) is 22.0 Å². The van der Waals surface area contributed by atoms with Gasteiger partial charge in [-0.15, -0.1) is 0 Å². The number of methoxy groups -OCH3 is 1. The lowest BCUT2D eigenvalue weighted by Crippen LogP contribution is -2.27. The number of aryl methyl sites for hydroxylation is 1. The highest BCUT2D eigenvalue weighted by molar-refractivity contribution is 8.19. The van der Waals surface area contributed by atoms with Gasteiger partial charge in [0.25, 0.3) is 16.8 Å². The molecule has 2 heterocycles. The lowest BCUT2D eigenvalue weighted by Gasteiger charge is -2.14. The summed E-state index contributed by atoms with van der Waals surface area (Å²) in [6.45, 7) is 3.77. The van der Waals surface area contributed by atoms with Gasteiger partial charge in [-0.05, 0) is 61.5 Å². The number of amides is 2. The number of rotatable bonds is 5. The molecule has 1 aliphatic heterocycles. The molecule has 162 valence electrons. The SMILES string of the molecule is COc1cc([N+](=O)[O-])ccc1-n1c(C)cc(/C=C2\SC(=O)N(c3ccccc3)C2=O)c1C. The zero-order valence-electron chi connectivity index (χ0n) is 17.6. The summed E-state index contributed by atoms with van der Waals surface area (Å²) in [6, 6.07) is 15.1. The Morgan fingerprint density at radius 1 is 1.06 bits per heavy atom. The van der Waals surface area contributed by atoms with E-state index in [2.05, 4.69) is 0 Å². The number of aromatic nitrogens is 1. The molecule has 1 saturated heterocycles. The fourth-order valence-corrected chi connectivity index (χ4v) is 4.51. The first-order chi connectivity index (χ1) is 15.3. The zero-order chi connectivity index (χ0) is 23.0. The van der Waals surface area contributed by atoms with Crippen LogP contribution in [0.5, 0.6) is 5.75 Å². The molecule has 2 amide bonds. The van der Waals surface area contributed by atoms with Crippen molar-refractivity contribution >= 4 is 40.4 Å². The quantitative estimate of drug-likeness (QED) is 0.300. The highest BCUT2D eigenvalue weighted by Crippen LogP contribution is 2.37. The van der Waals surface area contributed by atoms with Crippen LogP contribution in [0.25, 0.3) is 11.8 Å². The molecule has 2 aromatic carbocycles. The molecule has 1 fully saturated rings. The first-order valence-corrected chi connectivity index (χ1v) is 10.5. The summed E-state index contributed by atoms with van der Waals surface area (Å²) in [5.74, 6) is -0.0131. The van der Waals surface area contributed by atoms with Crippen LogP contribution in [-0.2, 0) is 4.79 Å². The van der Waals surface area contributed by atoms with E-state index < -0.39 is 4.92 Å². The summed E-state index contributed by atoms with van der Waals surface area (Å²) in [6.07, 6.45) is 1.70. The third-order valence-corrected chi connectivity index (χ3v) is 6.05. The minimum Gasteiger partial charge on any atom is -0.494 e. The maximum atomic E-state index is 12.9. The third-order valence-electron chi connectivity index (χ3n) is 5.18. The van der Waals surface area contributed by atoms with Crippen molar-refractivity contribution in [3.63, 3.8) is 0 Å². The Hall–Kier alpha value is -3.85. The van der Waals surface area contributed by atoms with E-state index in [4.69, 9.17) is 4.74 Å². The zero-order valence-corrected chi connectivity index (χ0v) is 18.4. The molecular formula is C23H19N3O5S. The van der Waals surface area contributed by atoms with E-state index in [0.717, 1.165) is 33.6 Å². The van der Waals surface area contributed by atoms with Crippen molar-refractivity contribution in [3.8, 4) is 11.4 Å². The fraction of sp³-hybridized carbons (Fsp3) is 0.130. The number of nitrogens with zero attached hydrogens (tertiary/aromatic N) is 3. The molecule has 0 radical (unpaired) electrons. The minimum absolute atomic E-state index is 0.0668. The van der Waals surface area contributed by atoms with Crippen LogP contribution >= 0.6 is 11.8 Å². The molecule has 9 heteroatoms. The second kappa shape index (κ2) is 8.35. The Labute approximate surface area is 188 Å². The van der Waals surface area contributed by atoms with Crippen LogP contribution in [-0.4, -0.2) is 27.7 Å². The van der Waals surface area contributed by atoms with Crippen LogP contribution in [0.1, 0.15) is 17.0 Å². The molecule has 0 spiro atoms. The standard InChI is InChI=1S/C23H19N3O5S/c1-14-11-16(12-21-22(27)25(23(28)32-21)17-7-5-4-6-8-17)15(2)24(14)19-10-9-18(26(29)30)13-20(19)31-3/h4-13H,1-3H3/b21-12-. The van der Waals surface area contributed by atoms with Gasteiger partial charge >= 0.3 is 0 Å². The number of non-ortho nitro benzene ring substituents is 1. The fourth-order valence-electron chi connectivity index (χ4n) is 3.68. The molecular weight excluding hydrogens is 430 g/mol. The van der Waals surface area contributed by atoms with Crippen LogP contribution in [0.4, 0.5) is 16.2 Å². The first-order valence-electron chi connectivity index (χ1n) is 9.66. The monoisotopic (exact) mass is 449 g/mol. The molecule has 0 saturated carbocycles. The van der Waals surface area contributed by atoms with E-state index in [9.17, 15) is 19.7 Å². The number of benzene rings is 2. The number of para-hydroxylation sites is 1. The average molecular weight is 449 g/mol. The number of thioether (sulfide) groups is 1. The number of imide groups is 1. The van der Waals surface area contributed by atoms with Gasteiger partial charge in [-0.3, -0.25) is 19.7 Å². The summed E-state index contributed by atoms with van der Waals surface area (Å²) < 4.78 is 7.29. The van der Waals surface area contributed by atoms with E-state index in [-0.39, 0.29) is 16.8 Å². The molecule has 4 rings (SSSR count). The predicted molar refractivity (Wildman–Crippen MR) is 123 cm³/mol. The molecule has 0 atom stereocenters. The lowest BCUT2D eigenvalue weighted by molar-refractivity contribution is -0.384. The Bertz CT molecular complexity index is 1280. The van der Waals surface area contributed by atoms with Gasteiger partial charge in [-0.1, -0.05) is 18.2 Å². The number of hydrogen-bond donors (Lipinski definition) is 0. The number of anilines is 1. The summed E-state index contributed by atoms with van der Waals surface area (Å²) in [5.41, 5.74) is 3.53. The maximum Gasteiger partial charge on any atom is 0.298 e. The maximum absolute atomic E-state index is 12.9. The smallest absolute Gasteiger partial charge is 0.298 e. The highest BCUT2D eigenvalue weighted by atomic mass is 32.2. The minimum atomic E-state index is -0.476. The number of ether oxygens (including phenoxy) is 1. The molecule has 0 N–H and O–H groups in total. The summed E-state index contributed by atoms with van der Waals surface area (Å²) in [5, 5.41) is 10.8. The molecule has 32 heavy (non-hydrogen) atoms. The Morgan fingerprint density at radius 2 is 1.78 bits per heavy atom. The van der Waals surface area contributed by atoms with Crippen molar-refractivity contribution in [3.05, 3.63) is 86.6 Å². The molecule has 3 aromatic rings. The number of hydrogen-bond acceptors (Lipinski definition) is 6. The van der Waals surface area contributed by atoms with Gasteiger partial charge in [-0.2, -0.15) is 0 Å². The number of carbonyl (C=O) groups excluding carboxylic acids is 2. The van der Waals surface area contributed by atoms with Gasteiger partial charge in [0.1, 0.15) is 5.75 Å². The Morgan fingerprint density at radius 3 is 2.44 bits per heavy atom. The molecule has 0 bridgehead atoms. The van der Waals surface area contributed by atoms with Crippen molar-refractivity contribution in [2.45, 2.75) is 13.8 Å². The first kappa shape index (κ1) is 21.4. The normalized spacial score (nSPS) is 15.0. The van der Waals surface area contributed by atoms with Crippen molar-refractivity contribution in [2.24, 2.45) is 0 Å². The second-order valence-electron chi connectivity index (χ2n) is 7.13. The van der Waals surface area contributed by atoms with Crippen LogP contribution in [0.2, 0.25) is 0 Å². The van der Waals surface area contributed by atoms with E-state index >= 15 is 0 Å². The summed E-state index contributed by atoms with van der Waals surface area (Å²) in [4.78, 5) is 37.5. The Kier molecular flexibility index (Phi) is 5.58. The molecule has 0 aliphatic carbocycles. The van der Waals surface area contributed by atoms with Gasteiger partial charge in [0.2, 0.25) is 0 Å². The predicted octanol–water partition coefficient (Wildman–Crippen LogP) is 5.25. The number of nitro benzene ring substituents is 1. The van der Waals surface area contributed by atoms with Crippen molar-refractivity contribution in [1.82, 2.24) is 4.57 Å². The largest absolute Gasteiger partial charge is 0.494 e. The third kappa shape index (κ3) is 3.67. The highest BCUT2D eigenvalue weighted by Gasteiger charge is 2.36. The van der Waals surface area contributed by atoms with E-state index in [1.807, 2.05) is 30.5 Å². The molecule has 0 unspecified atom stereocenters. The van der Waals surface area contributed by atoms with Crippen molar-refractivity contribution < 1.29 is 19.2 Å². The van der Waals surface area contributed by atoms with E-state index in [1.165, 1.54) is 19.2 Å². The van der Waals surface area contributed by atoms with Gasteiger partial charge in [0, 0.05) is 17.5 Å². The topological polar surface area (TPSA) is 94.7 Å². The Balaban J connectivity index is 1.73. The van der Waals surface area contributed by atoms with Crippen LogP contribution in [0, 0.1) is 24.0 Å². The summed E-state index contributed by atoms with van der Waals surface area (Å²) in [7, 11) is 1.46. The average Bonchev–Trinajstić information content (AvgIpc) is 3.22. The lowest BCUT2D eigenvalue weighted by atomic mass is 10.2. The van der Waals surface area contributed by atoms with Crippen LogP contribution < -0.4 is 9.64 Å². The van der Waals surface area contributed by atoms with Crippen LogP contribution in [0.15, 0.2) is 59.5 Å².